The fourth-order valence-corrected chi connectivity index (χ4v) is 3.15. The van der Waals surface area contributed by atoms with Crippen LogP contribution in [0.1, 0.15) is 59.3 Å². The number of nitrogens with one attached hydrogen (secondary N) is 1. The summed E-state index contributed by atoms with van der Waals surface area (Å²) >= 11 is 6.15. The molecule has 1 unspecified atom stereocenters. The highest BCUT2D eigenvalue weighted by Gasteiger charge is 2.24. The van der Waals surface area contributed by atoms with Crippen LogP contribution in [0, 0.1) is 5.41 Å². The lowest BCUT2D eigenvalue weighted by Crippen LogP contribution is -2.19. The molecule has 0 aliphatic heterocycles. The zero-order chi connectivity index (χ0) is 15.3. The van der Waals surface area contributed by atoms with Crippen molar-refractivity contribution in [3.05, 3.63) is 23.2 Å². The molecule has 1 fully saturated rings. The number of benzene rings is 1. The Morgan fingerprint density at radius 2 is 2.10 bits per heavy atom. The first-order valence-corrected chi connectivity index (χ1v) is 8.57. The molecule has 0 radical (unpaired) electrons. The van der Waals surface area contributed by atoms with Crippen LogP contribution in [0.3, 0.4) is 0 Å². The smallest absolute Gasteiger partial charge is 0.142 e. The van der Waals surface area contributed by atoms with Crippen LogP contribution in [-0.4, -0.2) is 12.6 Å². The molecule has 1 saturated carbocycles. The van der Waals surface area contributed by atoms with Crippen molar-refractivity contribution in [2.24, 2.45) is 5.41 Å². The third-order valence-electron chi connectivity index (χ3n) is 4.34. The van der Waals surface area contributed by atoms with E-state index in [2.05, 4.69) is 26.1 Å². The molecule has 21 heavy (non-hydrogen) atoms. The minimum atomic E-state index is 0.478. The van der Waals surface area contributed by atoms with Crippen molar-refractivity contribution in [2.45, 2.75) is 65.3 Å². The van der Waals surface area contributed by atoms with E-state index in [0.29, 0.717) is 11.5 Å². The highest BCUT2D eigenvalue weighted by molar-refractivity contribution is 6.30. The lowest BCUT2D eigenvalue weighted by molar-refractivity contribution is 0.313. The number of rotatable bonds is 5. The molecular formula is C18H28ClNO. The van der Waals surface area contributed by atoms with Crippen molar-refractivity contribution in [2.75, 3.05) is 11.9 Å². The fraction of sp³-hybridized carbons (Fsp3) is 0.667. The highest BCUT2D eigenvalue weighted by atomic mass is 35.5. The first-order valence-electron chi connectivity index (χ1n) is 8.19. The maximum atomic E-state index is 6.15. The Morgan fingerprint density at radius 3 is 2.86 bits per heavy atom. The topological polar surface area (TPSA) is 21.3 Å². The van der Waals surface area contributed by atoms with Gasteiger partial charge >= 0.3 is 0 Å². The molecule has 2 rings (SSSR count). The molecule has 0 saturated heterocycles. The van der Waals surface area contributed by atoms with Gasteiger partial charge in [0.1, 0.15) is 5.75 Å². The molecule has 1 aromatic carbocycles. The van der Waals surface area contributed by atoms with Gasteiger partial charge in [0.15, 0.2) is 0 Å². The maximum absolute atomic E-state index is 6.15. The molecule has 3 heteroatoms. The summed E-state index contributed by atoms with van der Waals surface area (Å²) in [6.07, 6.45) is 7.34. The first kappa shape index (κ1) is 16.5. The number of halogens is 1. The second-order valence-corrected chi connectivity index (χ2v) is 7.36. The molecule has 1 aromatic rings. The van der Waals surface area contributed by atoms with Gasteiger partial charge in [-0.3, -0.25) is 0 Å². The second kappa shape index (κ2) is 7.40. The second-order valence-electron chi connectivity index (χ2n) is 6.93. The molecule has 2 nitrogen and oxygen atoms in total. The van der Waals surface area contributed by atoms with Gasteiger partial charge in [-0.2, -0.15) is 0 Å². The molecule has 1 N–H and O–H groups in total. The molecule has 118 valence electrons. The van der Waals surface area contributed by atoms with Crippen LogP contribution >= 0.6 is 11.6 Å². The van der Waals surface area contributed by atoms with Crippen LogP contribution in [0.5, 0.6) is 5.75 Å². The van der Waals surface area contributed by atoms with E-state index >= 15 is 0 Å². The quantitative estimate of drug-likeness (QED) is 0.684. The summed E-state index contributed by atoms with van der Waals surface area (Å²) < 4.78 is 5.83. The predicted molar refractivity (Wildman–Crippen MR) is 91.5 cm³/mol. The van der Waals surface area contributed by atoms with Crippen LogP contribution in [0.2, 0.25) is 5.02 Å². The van der Waals surface area contributed by atoms with E-state index in [-0.39, 0.29) is 0 Å². The van der Waals surface area contributed by atoms with Crippen LogP contribution in [0.25, 0.3) is 0 Å². The third-order valence-corrected chi connectivity index (χ3v) is 4.57. The van der Waals surface area contributed by atoms with E-state index < -0.39 is 0 Å². The van der Waals surface area contributed by atoms with E-state index in [9.17, 15) is 0 Å². The van der Waals surface area contributed by atoms with Crippen molar-refractivity contribution in [3.8, 4) is 5.75 Å². The summed E-state index contributed by atoms with van der Waals surface area (Å²) in [6.45, 7) is 7.62. The SMILES string of the molecule is CCCOc1ccc(Cl)cc1NC1CCCC(C)(C)CC1. The molecule has 1 atom stereocenters. The number of hydrogen-bond donors (Lipinski definition) is 1. The Bertz CT molecular complexity index is 459. The summed E-state index contributed by atoms with van der Waals surface area (Å²) in [7, 11) is 0. The van der Waals surface area contributed by atoms with E-state index in [1.54, 1.807) is 0 Å². The molecule has 1 aliphatic carbocycles. The van der Waals surface area contributed by atoms with Crippen LogP contribution in [0.15, 0.2) is 18.2 Å². The average Bonchev–Trinajstić information content (AvgIpc) is 2.59. The number of anilines is 1. The molecule has 0 spiro atoms. The maximum Gasteiger partial charge on any atom is 0.142 e. The lowest BCUT2D eigenvalue weighted by atomic mass is 9.85. The molecule has 0 heterocycles. The summed E-state index contributed by atoms with van der Waals surface area (Å²) in [4.78, 5) is 0. The molecule has 1 aliphatic rings. The summed E-state index contributed by atoms with van der Waals surface area (Å²) in [5.41, 5.74) is 1.52. The Kier molecular flexibility index (Phi) is 5.80. The Balaban J connectivity index is 2.05. The third kappa shape index (κ3) is 5.10. The van der Waals surface area contributed by atoms with Gasteiger partial charge < -0.3 is 10.1 Å². The Labute approximate surface area is 134 Å². The molecule has 0 amide bonds. The summed E-state index contributed by atoms with van der Waals surface area (Å²) in [5, 5.41) is 4.43. The number of hydrogen-bond acceptors (Lipinski definition) is 2. The summed E-state index contributed by atoms with van der Waals surface area (Å²) in [5.74, 6) is 0.921. The molecule has 0 bridgehead atoms. The minimum Gasteiger partial charge on any atom is -0.491 e. The van der Waals surface area contributed by atoms with Crippen LogP contribution in [-0.2, 0) is 0 Å². The minimum absolute atomic E-state index is 0.478. The molecule has 0 aromatic heterocycles. The predicted octanol–water partition coefficient (Wildman–Crippen LogP) is 5.90. The van der Waals surface area contributed by atoms with Crippen molar-refractivity contribution in [1.29, 1.82) is 0 Å². The van der Waals surface area contributed by atoms with Crippen molar-refractivity contribution >= 4 is 17.3 Å². The van der Waals surface area contributed by atoms with Gasteiger partial charge in [0.2, 0.25) is 0 Å². The normalized spacial score (nSPS) is 21.6. The monoisotopic (exact) mass is 309 g/mol. The van der Waals surface area contributed by atoms with Gasteiger partial charge in [-0.25, -0.2) is 0 Å². The average molecular weight is 310 g/mol. The molecular weight excluding hydrogens is 282 g/mol. The lowest BCUT2D eigenvalue weighted by Gasteiger charge is -2.23. The zero-order valence-corrected chi connectivity index (χ0v) is 14.3. The highest BCUT2D eigenvalue weighted by Crippen LogP contribution is 2.36. The van der Waals surface area contributed by atoms with E-state index in [1.807, 2.05) is 18.2 Å². The van der Waals surface area contributed by atoms with Gasteiger partial charge in [0.25, 0.3) is 0 Å². The van der Waals surface area contributed by atoms with E-state index in [1.165, 1.54) is 32.1 Å². The van der Waals surface area contributed by atoms with E-state index in [4.69, 9.17) is 16.3 Å². The van der Waals surface area contributed by atoms with Crippen molar-refractivity contribution in [3.63, 3.8) is 0 Å². The summed E-state index contributed by atoms with van der Waals surface area (Å²) in [6, 6.07) is 6.38. The fourth-order valence-electron chi connectivity index (χ4n) is 2.98. The van der Waals surface area contributed by atoms with Crippen LogP contribution in [0.4, 0.5) is 5.69 Å². The van der Waals surface area contributed by atoms with Gasteiger partial charge in [-0.1, -0.05) is 38.8 Å². The number of ether oxygens (including phenoxy) is 1. The van der Waals surface area contributed by atoms with Crippen molar-refractivity contribution < 1.29 is 4.74 Å². The van der Waals surface area contributed by atoms with Crippen molar-refractivity contribution in [1.82, 2.24) is 0 Å². The van der Waals surface area contributed by atoms with Gasteiger partial charge in [-0.15, -0.1) is 0 Å². The van der Waals surface area contributed by atoms with Crippen LogP contribution < -0.4 is 10.1 Å². The van der Waals surface area contributed by atoms with Gasteiger partial charge in [-0.05, 0) is 55.7 Å². The zero-order valence-electron chi connectivity index (χ0n) is 13.5. The Morgan fingerprint density at radius 1 is 1.29 bits per heavy atom. The van der Waals surface area contributed by atoms with Gasteiger partial charge in [0.05, 0.1) is 12.3 Å². The van der Waals surface area contributed by atoms with E-state index in [0.717, 1.165) is 29.5 Å². The van der Waals surface area contributed by atoms with Gasteiger partial charge in [0, 0.05) is 11.1 Å². The Hall–Kier alpha value is -0.890. The first-order chi connectivity index (χ1) is 10.00. The standard InChI is InChI=1S/C18H28ClNO/c1-4-12-21-17-8-7-14(19)13-16(17)20-15-6-5-10-18(2,3)11-9-15/h7-8,13,15,20H,4-6,9-12H2,1-3H3. The largest absolute Gasteiger partial charge is 0.491 e.